The molecule has 7 heteroatoms. The SMILES string of the molecule is O=C(Nc1cnc(Cl)nc1Cl)C1CCCOC1. The molecule has 0 aliphatic carbocycles. The summed E-state index contributed by atoms with van der Waals surface area (Å²) in [5, 5.41) is 2.86. The van der Waals surface area contributed by atoms with E-state index in [0.29, 0.717) is 18.9 Å². The van der Waals surface area contributed by atoms with Crippen LogP contribution in [-0.4, -0.2) is 29.1 Å². The highest BCUT2D eigenvalue weighted by molar-refractivity contribution is 6.34. The third-order valence-electron chi connectivity index (χ3n) is 2.50. The van der Waals surface area contributed by atoms with Crippen LogP contribution in [0.4, 0.5) is 5.69 Å². The molecule has 1 N–H and O–H groups in total. The lowest BCUT2D eigenvalue weighted by atomic mass is 10.0. The summed E-state index contributed by atoms with van der Waals surface area (Å²) in [5.41, 5.74) is 0.367. The minimum absolute atomic E-state index is 0.0500. The van der Waals surface area contributed by atoms with Crippen molar-refractivity contribution in [1.29, 1.82) is 0 Å². The van der Waals surface area contributed by atoms with Gasteiger partial charge in [0.05, 0.1) is 24.4 Å². The van der Waals surface area contributed by atoms with Crippen LogP contribution in [0, 0.1) is 5.92 Å². The molecule has 0 saturated carbocycles. The molecule has 1 aliphatic rings. The van der Waals surface area contributed by atoms with E-state index >= 15 is 0 Å². The predicted molar refractivity (Wildman–Crippen MR) is 64.2 cm³/mol. The first kappa shape index (κ1) is 12.5. The second-order valence-corrected chi connectivity index (χ2v) is 4.44. The minimum atomic E-state index is -0.143. The number of rotatable bonds is 2. The molecule has 1 fully saturated rings. The van der Waals surface area contributed by atoms with Gasteiger partial charge >= 0.3 is 0 Å². The Morgan fingerprint density at radius 3 is 3.00 bits per heavy atom. The van der Waals surface area contributed by atoms with Gasteiger partial charge in [-0.15, -0.1) is 0 Å². The summed E-state index contributed by atoms with van der Waals surface area (Å²) < 4.78 is 5.24. The summed E-state index contributed by atoms with van der Waals surface area (Å²) in [7, 11) is 0. The predicted octanol–water partition coefficient (Wildman–Crippen LogP) is 2.15. The molecule has 1 atom stereocenters. The highest BCUT2D eigenvalue weighted by Crippen LogP contribution is 2.21. The Morgan fingerprint density at radius 2 is 2.35 bits per heavy atom. The highest BCUT2D eigenvalue weighted by atomic mass is 35.5. The molecule has 1 amide bonds. The molecule has 2 heterocycles. The maximum absolute atomic E-state index is 11.9. The van der Waals surface area contributed by atoms with Gasteiger partial charge in [0.25, 0.3) is 0 Å². The molecule has 17 heavy (non-hydrogen) atoms. The molecule has 1 aromatic heterocycles. The molecule has 2 rings (SSSR count). The van der Waals surface area contributed by atoms with Gasteiger partial charge in [-0.2, -0.15) is 0 Å². The zero-order chi connectivity index (χ0) is 12.3. The minimum Gasteiger partial charge on any atom is -0.381 e. The number of hydrogen-bond acceptors (Lipinski definition) is 4. The van der Waals surface area contributed by atoms with Crippen molar-refractivity contribution in [3.05, 3.63) is 16.6 Å². The van der Waals surface area contributed by atoms with E-state index in [1.807, 2.05) is 0 Å². The Balaban J connectivity index is 2.02. The lowest BCUT2D eigenvalue weighted by molar-refractivity contribution is -0.123. The second-order valence-electron chi connectivity index (χ2n) is 3.75. The van der Waals surface area contributed by atoms with E-state index in [4.69, 9.17) is 27.9 Å². The van der Waals surface area contributed by atoms with Crippen molar-refractivity contribution < 1.29 is 9.53 Å². The normalized spacial score (nSPS) is 20.0. The van der Waals surface area contributed by atoms with Gasteiger partial charge in [0, 0.05) is 6.61 Å². The van der Waals surface area contributed by atoms with Gasteiger partial charge < -0.3 is 10.1 Å². The van der Waals surface area contributed by atoms with Crippen LogP contribution < -0.4 is 5.32 Å². The second kappa shape index (κ2) is 5.62. The largest absolute Gasteiger partial charge is 0.381 e. The third-order valence-corrected chi connectivity index (χ3v) is 2.97. The first-order valence-corrected chi connectivity index (χ1v) is 5.99. The number of halogens is 2. The Labute approximate surface area is 108 Å². The van der Waals surface area contributed by atoms with Crippen molar-refractivity contribution in [2.24, 2.45) is 5.92 Å². The van der Waals surface area contributed by atoms with Crippen molar-refractivity contribution in [2.75, 3.05) is 18.5 Å². The number of nitrogens with zero attached hydrogens (tertiary/aromatic N) is 2. The molecule has 92 valence electrons. The van der Waals surface area contributed by atoms with Crippen LogP contribution in [0.3, 0.4) is 0 Å². The smallest absolute Gasteiger partial charge is 0.229 e. The highest BCUT2D eigenvalue weighted by Gasteiger charge is 2.22. The fourth-order valence-corrected chi connectivity index (χ4v) is 1.96. The zero-order valence-corrected chi connectivity index (χ0v) is 10.5. The molecule has 0 spiro atoms. The van der Waals surface area contributed by atoms with Crippen LogP contribution in [0.5, 0.6) is 0 Å². The monoisotopic (exact) mass is 275 g/mol. The Morgan fingerprint density at radius 1 is 1.53 bits per heavy atom. The maximum Gasteiger partial charge on any atom is 0.229 e. The maximum atomic E-state index is 11.9. The van der Waals surface area contributed by atoms with Crippen molar-refractivity contribution in [3.63, 3.8) is 0 Å². The van der Waals surface area contributed by atoms with E-state index in [9.17, 15) is 4.79 Å². The van der Waals surface area contributed by atoms with E-state index in [1.165, 1.54) is 6.20 Å². The van der Waals surface area contributed by atoms with Gasteiger partial charge in [0.1, 0.15) is 0 Å². The molecule has 0 radical (unpaired) electrons. The summed E-state index contributed by atoms with van der Waals surface area (Å²) in [6.07, 6.45) is 3.10. The number of amides is 1. The Hall–Kier alpha value is -0.910. The van der Waals surface area contributed by atoms with E-state index in [-0.39, 0.29) is 22.3 Å². The molecule has 0 aromatic carbocycles. The number of hydrogen-bond donors (Lipinski definition) is 1. The Bertz CT molecular complexity index is 422. The topological polar surface area (TPSA) is 64.1 Å². The van der Waals surface area contributed by atoms with Crippen LogP contribution >= 0.6 is 23.2 Å². The fourth-order valence-electron chi connectivity index (χ4n) is 1.61. The quantitative estimate of drug-likeness (QED) is 0.664. The van der Waals surface area contributed by atoms with Crippen molar-refractivity contribution in [3.8, 4) is 0 Å². The molecule has 1 saturated heterocycles. The van der Waals surface area contributed by atoms with Crippen LogP contribution in [0.25, 0.3) is 0 Å². The van der Waals surface area contributed by atoms with Gasteiger partial charge in [0.15, 0.2) is 5.15 Å². The van der Waals surface area contributed by atoms with Gasteiger partial charge in [-0.3, -0.25) is 4.79 Å². The number of anilines is 1. The van der Waals surface area contributed by atoms with Gasteiger partial charge in [0.2, 0.25) is 11.2 Å². The van der Waals surface area contributed by atoms with E-state index in [2.05, 4.69) is 15.3 Å². The molecule has 0 bridgehead atoms. The number of aromatic nitrogens is 2. The summed E-state index contributed by atoms with van der Waals surface area (Å²) in [6.45, 7) is 1.16. The molecular weight excluding hydrogens is 265 g/mol. The fraction of sp³-hybridized carbons (Fsp3) is 0.500. The van der Waals surface area contributed by atoms with Gasteiger partial charge in [-0.25, -0.2) is 9.97 Å². The summed E-state index contributed by atoms with van der Waals surface area (Å²) in [4.78, 5) is 19.4. The van der Waals surface area contributed by atoms with E-state index < -0.39 is 0 Å². The van der Waals surface area contributed by atoms with Crippen molar-refractivity contribution in [1.82, 2.24) is 9.97 Å². The first-order valence-electron chi connectivity index (χ1n) is 5.23. The number of ether oxygens (including phenoxy) is 1. The third kappa shape index (κ3) is 3.28. The number of carbonyl (C=O) groups excluding carboxylic acids is 1. The summed E-state index contributed by atoms with van der Waals surface area (Å²) >= 11 is 11.4. The van der Waals surface area contributed by atoms with Crippen LogP contribution in [0.15, 0.2) is 6.20 Å². The average molecular weight is 276 g/mol. The van der Waals surface area contributed by atoms with E-state index in [1.54, 1.807) is 0 Å². The standard InChI is InChI=1S/C10H11Cl2N3O2/c11-8-7(4-13-10(12)15-8)14-9(16)6-2-1-3-17-5-6/h4,6H,1-3,5H2,(H,14,16). The van der Waals surface area contributed by atoms with E-state index in [0.717, 1.165) is 12.8 Å². The average Bonchev–Trinajstić information content (AvgIpc) is 2.34. The first-order chi connectivity index (χ1) is 8.16. The molecule has 1 unspecified atom stereocenters. The van der Waals surface area contributed by atoms with Gasteiger partial charge in [-0.1, -0.05) is 11.6 Å². The van der Waals surface area contributed by atoms with Crippen LogP contribution in [-0.2, 0) is 9.53 Å². The van der Waals surface area contributed by atoms with Crippen molar-refractivity contribution >= 4 is 34.8 Å². The summed E-state index contributed by atoms with van der Waals surface area (Å²) in [6, 6.07) is 0. The molecule has 1 aromatic rings. The molecular formula is C10H11Cl2N3O2. The lowest BCUT2D eigenvalue weighted by Crippen LogP contribution is -2.30. The van der Waals surface area contributed by atoms with Crippen LogP contribution in [0.2, 0.25) is 10.4 Å². The van der Waals surface area contributed by atoms with Gasteiger partial charge in [-0.05, 0) is 24.4 Å². The zero-order valence-electron chi connectivity index (χ0n) is 8.95. The number of carbonyl (C=O) groups is 1. The lowest BCUT2D eigenvalue weighted by Gasteiger charge is -2.21. The molecule has 5 nitrogen and oxygen atoms in total. The van der Waals surface area contributed by atoms with Crippen molar-refractivity contribution in [2.45, 2.75) is 12.8 Å². The summed E-state index contributed by atoms with van der Waals surface area (Å²) in [5.74, 6) is -0.270. The van der Waals surface area contributed by atoms with Crippen LogP contribution in [0.1, 0.15) is 12.8 Å². The Kier molecular flexibility index (Phi) is 4.15. The molecule has 1 aliphatic heterocycles. The number of nitrogens with one attached hydrogen (secondary N) is 1.